The molecule has 0 amide bonds. The Morgan fingerprint density at radius 3 is 2.42 bits per heavy atom. The standard InChI is InChI=1S/C5H5NO4S2/c7-11(8)4-1-2-6-5(3-4)12(9)10/h1-3H,(H,7,8)(H,9,10). The van der Waals surface area contributed by atoms with Crippen LogP contribution in [0.1, 0.15) is 0 Å². The molecule has 2 atom stereocenters. The van der Waals surface area contributed by atoms with Crippen molar-refractivity contribution in [2.24, 2.45) is 0 Å². The third-order valence-electron chi connectivity index (χ3n) is 1.09. The number of rotatable bonds is 2. The van der Waals surface area contributed by atoms with Crippen molar-refractivity contribution in [1.29, 1.82) is 0 Å². The average Bonchev–Trinajstić information content (AvgIpc) is 2.04. The van der Waals surface area contributed by atoms with Crippen molar-refractivity contribution in [3.63, 3.8) is 0 Å². The average molecular weight is 207 g/mol. The lowest BCUT2D eigenvalue weighted by Crippen LogP contribution is -1.95. The van der Waals surface area contributed by atoms with E-state index in [1.54, 1.807) is 0 Å². The van der Waals surface area contributed by atoms with Crippen molar-refractivity contribution >= 4 is 22.2 Å². The predicted molar refractivity (Wildman–Crippen MR) is 42.3 cm³/mol. The number of pyridine rings is 1. The van der Waals surface area contributed by atoms with E-state index < -0.39 is 22.2 Å². The van der Waals surface area contributed by atoms with Crippen LogP contribution in [0.3, 0.4) is 0 Å². The van der Waals surface area contributed by atoms with E-state index in [1.165, 1.54) is 12.3 Å². The molecule has 0 radical (unpaired) electrons. The van der Waals surface area contributed by atoms with Crippen LogP contribution in [0.25, 0.3) is 0 Å². The Morgan fingerprint density at radius 1 is 1.25 bits per heavy atom. The van der Waals surface area contributed by atoms with Crippen molar-refractivity contribution in [2.45, 2.75) is 9.92 Å². The van der Waals surface area contributed by atoms with E-state index in [0.717, 1.165) is 6.07 Å². The van der Waals surface area contributed by atoms with Gasteiger partial charge in [0.15, 0.2) is 16.1 Å². The highest BCUT2D eigenvalue weighted by atomic mass is 32.2. The molecule has 2 N–H and O–H groups in total. The van der Waals surface area contributed by atoms with E-state index in [-0.39, 0.29) is 9.92 Å². The highest BCUT2D eigenvalue weighted by Crippen LogP contribution is 2.07. The molecule has 0 aliphatic rings. The van der Waals surface area contributed by atoms with Gasteiger partial charge >= 0.3 is 0 Å². The van der Waals surface area contributed by atoms with Crippen LogP contribution in [0.5, 0.6) is 0 Å². The third kappa shape index (κ3) is 2.18. The second-order valence-corrected chi connectivity index (χ2v) is 3.71. The predicted octanol–water partition coefficient (Wildman–Crippen LogP) is 0.243. The highest BCUT2D eigenvalue weighted by molar-refractivity contribution is 7.80. The zero-order valence-corrected chi connectivity index (χ0v) is 7.34. The number of aromatic nitrogens is 1. The molecule has 0 saturated heterocycles. The first kappa shape index (κ1) is 9.46. The minimum Gasteiger partial charge on any atom is -0.302 e. The van der Waals surface area contributed by atoms with Crippen molar-refractivity contribution in [3.8, 4) is 0 Å². The molecule has 0 aromatic carbocycles. The molecule has 1 aromatic rings. The fourth-order valence-electron chi connectivity index (χ4n) is 0.595. The summed E-state index contributed by atoms with van der Waals surface area (Å²) in [6.07, 6.45) is 1.20. The molecule has 0 saturated carbocycles. The summed E-state index contributed by atoms with van der Waals surface area (Å²) in [5, 5.41) is -0.130. The normalized spacial score (nSPS) is 15.5. The zero-order chi connectivity index (χ0) is 9.14. The Kier molecular flexibility index (Phi) is 3.04. The lowest BCUT2D eigenvalue weighted by atomic mass is 10.5. The Hall–Kier alpha value is -0.630. The summed E-state index contributed by atoms with van der Waals surface area (Å²) in [5.41, 5.74) is 0. The smallest absolute Gasteiger partial charge is 0.205 e. The van der Waals surface area contributed by atoms with Crippen LogP contribution in [-0.2, 0) is 22.2 Å². The van der Waals surface area contributed by atoms with Gasteiger partial charge in [0.1, 0.15) is 0 Å². The van der Waals surface area contributed by atoms with Crippen LogP contribution in [-0.4, -0.2) is 22.5 Å². The molecule has 0 aliphatic carbocycles. The monoisotopic (exact) mass is 207 g/mol. The molecular formula is C5H5NO4S2. The van der Waals surface area contributed by atoms with E-state index in [1.807, 2.05) is 0 Å². The first-order chi connectivity index (χ1) is 5.61. The molecule has 12 heavy (non-hydrogen) atoms. The summed E-state index contributed by atoms with van der Waals surface area (Å²) in [5.74, 6) is 0. The highest BCUT2D eigenvalue weighted by Gasteiger charge is 2.05. The molecule has 1 heterocycles. The van der Waals surface area contributed by atoms with Gasteiger partial charge in [0.2, 0.25) is 11.1 Å². The molecule has 0 spiro atoms. The van der Waals surface area contributed by atoms with E-state index in [4.69, 9.17) is 9.11 Å². The molecular weight excluding hydrogens is 202 g/mol. The maximum absolute atomic E-state index is 10.5. The van der Waals surface area contributed by atoms with Gasteiger partial charge in [-0.05, 0) is 12.1 Å². The second-order valence-electron chi connectivity index (χ2n) is 1.83. The zero-order valence-electron chi connectivity index (χ0n) is 5.71. The van der Waals surface area contributed by atoms with Crippen molar-refractivity contribution < 1.29 is 17.5 Å². The molecule has 1 aromatic heterocycles. The Labute approximate surface area is 73.4 Å². The van der Waals surface area contributed by atoms with Gasteiger partial charge in [0.05, 0.1) is 4.90 Å². The van der Waals surface area contributed by atoms with Crippen LogP contribution in [0.15, 0.2) is 28.3 Å². The molecule has 0 fully saturated rings. The van der Waals surface area contributed by atoms with E-state index in [2.05, 4.69) is 4.98 Å². The Bertz CT molecular complexity index is 311. The van der Waals surface area contributed by atoms with Gasteiger partial charge in [0, 0.05) is 6.20 Å². The van der Waals surface area contributed by atoms with Gasteiger partial charge in [-0.25, -0.2) is 13.4 Å². The second kappa shape index (κ2) is 3.85. The van der Waals surface area contributed by atoms with Crippen LogP contribution in [0.2, 0.25) is 0 Å². The largest absolute Gasteiger partial charge is 0.302 e. The molecule has 0 bridgehead atoms. The summed E-state index contributed by atoms with van der Waals surface area (Å²) < 4.78 is 38.1. The molecule has 1 rings (SSSR count). The SMILES string of the molecule is O=S(O)c1ccnc(S(=O)O)c1. The minimum absolute atomic E-state index is 0.0578. The van der Waals surface area contributed by atoms with Crippen molar-refractivity contribution in [3.05, 3.63) is 18.3 Å². The van der Waals surface area contributed by atoms with Crippen LogP contribution >= 0.6 is 0 Å². The lowest BCUT2D eigenvalue weighted by Gasteiger charge is -1.95. The van der Waals surface area contributed by atoms with Crippen LogP contribution < -0.4 is 0 Å². The van der Waals surface area contributed by atoms with Crippen LogP contribution in [0, 0.1) is 0 Å². The fraction of sp³-hybridized carbons (Fsp3) is 0. The third-order valence-corrected chi connectivity index (χ3v) is 2.33. The molecule has 5 nitrogen and oxygen atoms in total. The maximum atomic E-state index is 10.5. The van der Waals surface area contributed by atoms with Crippen LogP contribution in [0.4, 0.5) is 0 Å². The number of hydrogen-bond donors (Lipinski definition) is 2. The van der Waals surface area contributed by atoms with Gasteiger partial charge in [0.25, 0.3) is 0 Å². The Balaban J connectivity index is 3.12. The number of nitrogens with zero attached hydrogens (tertiary/aromatic N) is 1. The summed E-state index contributed by atoms with van der Waals surface area (Å²) >= 11 is -4.35. The fourth-order valence-corrected chi connectivity index (χ4v) is 1.44. The van der Waals surface area contributed by atoms with Crippen molar-refractivity contribution in [2.75, 3.05) is 0 Å². The van der Waals surface area contributed by atoms with Gasteiger partial charge < -0.3 is 9.11 Å². The first-order valence-corrected chi connectivity index (χ1v) is 5.00. The molecule has 2 unspecified atom stereocenters. The van der Waals surface area contributed by atoms with Gasteiger partial charge in [-0.3, -0.25) is 0 Å². The lowest BCUT2D eigenvalue weighted by molar-refractivity contribution is 0.558. The first-order valence-electron chi connectivity index (χ1n) is 2.79. The van der Waals surface area contributed by atoms with Gasteiger partial charge in [-0.15, -0.1) is 0 Å². The van der Waals surface area contributed by atoms with E-state index in [0.29, 0.717) is 0 Å². The van der Waals surface area contributed by atoms with E-state index >= 15 is 0 Å². The Morgan fingerprint density at radius 2 is 1.92 bits per heavy atom. The van der Waals surface area contributed by atoms with Crippen molar-refractivity contribution in [1.82, 2.24) is 4.98 Å². The summed E-state index contributed by atoms with van der Waals surface area (Å²) in [6, 6.07) is 2.40. The topological polar surface area (TPSA) is 87.5 Å². The summed E-state index contributed by atoms with van der Waals surface area (Å²) in [6.45, 7) is 0. The summed E-state index contributed by atoms with van der Waals surface area (Å²) in [4.78, 5) is 3.58. The van der Waals surface area contributed by atoms with Gasteiger partial charge in [-0.2, -0.15) is 0 Å². The maximum Gasteiger partial charge on any atom is 0.205 e. The quantitative estimate of drug-likeness (QED) is 0.678. The number of hydrogen-bond acceptors (Lipinski definition) is 3. The molecule has 66 valence electrons. The molecule has 0 aliphatic heterocycles. The van der Waals surface area contributed by atoms with Gasteiger partial charge in [-0.1, -0.05) is 0 Å². The summed E-state index contributed by atoms with van der Waals surface area (Å²) in [7, 11) is 0. The van der Waals surface area contributed by atoms with E-state index in [9.17, 15) is 8.42 Å². The molecule has 7 heteroatoms. The minimum atomic E-state index is -2.21.